The van der Waals surface area contributed by atoms with E-state index in [1.165, 1.54) is 6.08 Å². The number of thiocarbonyl (C=S) groups is 1. The maximum Gasteiger partial charge on any atom is 0.250 e. The van der Waals surface area contributed by atoms with Gasteiger partial charge in [0.05, 0.1) is 7.11 Å². The van der Waals surface area contributed by atoms with Gasteiger partial charge in [0.15, 0.2) is 5.11 Å². The van der Waals surface area contributed by atoms with Gasteiger partial charge in [-0.3, -0.25) is 10.1 Å². The molecule has 2 N–H and O–H groups in total. The van der Waals surface area contributed by atoms with Crippen LogP contribution in [-0.4, -0.2) is 18.1 Å². The molecule has 2 rings (SSSR count). The van der Waals surface area contributed by atoms with Crippen LogP contribution in [0.4, 0.5) is 5.69 Å². The number of amides is 1. The Bertz CT molecular complexity index is 777. The molecule has 2 aromatic carbocycles. The summed E-state index contributed by atoms with van der Waals surface area (Å²) in [4.78, 5) is 11.9. The van der Waals surface area contributed by atoms with E-state index in [1.54, 1.807) is 55.7 Å². The average molecular weight is 381 g/mol. The molecule has 4 nitrogen and oxygen atoms in total. The number of carbonyl (C=O) groups excluding carboxylic acids is 1. The second-order valence-electron chi connectivity index (χ2n) is 4.67. The van der Waals surface area contributed by atoms with Crippen molar-refractivity contribution >= 4 is 58.2 Å². The van der Waals surface area contributed by atoms with Crippen LogP contribution in [0, 0.1) is 0 Å². The Hall–Kier alpha value is -2.08. The monoisotopic (exact) mass is 380 g/mol. The Morgan fingerprint density at radius 1 is 1.17 bits per heavy atom. The predicted octanol–water partition coefficient (Wildman–Crippen LogP) is 4.53. The molecule has 2 aromatic rings. The highest BCUT2D eigenvalue weighted by Gasteiger charge is 2.03. The molecule has 0 aliphatic heterocycles. The number of hydrogen-bond acceptors (Lipinski definition) is 3. The third-order valence-electron chi connectivity index (χ3n) is 2.96. The van der Waals surface area contributed by atoms with Gasteiger partial charge >= 0.3 is 0 Å². The first kappa shape index (κ1) is 18.3. The van der Waals surface area contributed by atoms with Gasteiger partial charge in [-0.25, -0.2) is 0 Å². The van der Waals surface area contributed by atoms with E-state index in [0.717, 1.165) is 11.4 Å². The normalized spacial score (nSPS) is 10.5. The first-order chi connectivity index (χ1) is 11.5. The van der Waals surface area contributed by atoms with Crippen LogP contribution >= 0.6 is 35.4 Å². The molecular weight excluding hydrogens is 367 g/mol. The summed E-state index contributed by atoms with van der Waals surface area (Å²) in [7, 11) is 1.59. The molecule has 0 unspecified atom stereocenters. The van der Waals surface area contributed by atoms with Gasteiger partial charge in [-0.1, -0.05) is 29.3 Å². The third kappa shape index (κ3) is 5.53. The van der Waals surface area contributed by atoms with Gasteiger partial charge in [0.1, 0.15) is 5.75 Å². The van der Waals surface area contributed by atoms with Crippen molar-refractivity contribution in [3.8, 4) is 5.75 Å². The number of anilines is 1. The maximum absolute atomic E-state index is 11.9. The highest BCUT2D eigenvalue weighted by atomic mass is 35.5. The van der Waals surface area contributed by atoms with Gasteiger partial charge in [0.2, 0.25) is 5.91 Å². The van der Waals surface area contributed by atoms with Crippen molar-refractivity contribution in [2.45, 2.75) is 0 Å². The van der Waals surface area contributed by atoms with Crippen LogP contribution in [0.2, 0.25) is 10.0 Å². The molecule has 0 fully saturated rings. The molecule has 24 heavy (non-hydrogen) atoms. The molecule has 0 bridgehead atoms. The molecule has 124 valence electrons. The Morgan fingerprint density at radius 3 is 2.50 bits per heavy atom. The minimum absolute atomic E-state index is 0.192. The Balaban J connectivity index is 1.91. The zero-order chi connectivity index (χ0) is 17.5. The van der Waals surface area contributed by atoms with Crippen molar-refractivity contribution in [2.24, 2.45) is 0 Å². The highest BCUT2D eigenvalue weighted by molar-refractivity contribution is 7.80. The molecule has 0 saturated carbocycles. The summed E-state index contributed by atoms with van der Waals surface area (Å²) in [5.41, 5.74) is 1.43. The Labute approximate surface area is 155 Å². The summed E-state index contributed by atoms with van der Waals surface area (Å²) in [6.45, 7) is 0. The number of ether oxygens (including phenoxy) is 1. The molecule has 1 amide bonds. The van der Waals surface area contributed by atoms with E-state index < -0.39 is 0 Å². The van der Waals surface area contributed by atoms with Crippen molar-refractivity contribution in [1.29, 1.82) is 0 Å². The molecule has 0 radical (unpaired) electrons. The van der Waals surface area contributed by atoms with E-state index in [0.29, 0.717) is 15.6 Å². The predicted molar refractivity (Wildman–Crippen MR) is 103 cm³/mol. The number of methoxy groups -OCH3 is 1. The van der Waals surface area contributed by atoms with Crippen LogP contribution in [0.5, 0.6) is 5.75 Å². The van der Waals surface area contributed by atoms with Gasteiger partial charge < -0.3 is 10.1 Å². The largest absolute Gasteiger partial charge is 0.497 e. The second kappa shape index (κ2) is 8.68. The standard InChI is InChI=1S/C17H14Cl2N2O2S/c1-23-14-7-5-13(6-8-14)20-17(24)21-16(22)9-3-11-2-4-12(18)10-15(11)19/h2-10H,1H3,(H2,20,21,22,24)/b9-3+. The van der Waals surface area contributed by atoms with Crippen LogP contribution in [0.1, 0.15) is 5.56 Å². The van der Waals surface area contributed by atoms with Gasteiger partial charge in [0.25, 0.3) is 0 Å². The van der Waals surface area contributed by atoms with E-state index in [4.69, 9.17) is 40.2 Å². The number of carbonyl (C=O) groups is 1. The maximum atomic E-state index is 11.9. The second-order valence-corrected chi connectivity index (χ2v) is 5.92. The zero-order valence-electron chi connectivity index (χ0n) is 12.7. The minimum atomic E-state index is -0.368. The molecule has 7 heteroatoms. The molecule has 0 aliphatic rings. The van der Waals surface area contributed by atoms with Gasteiger partial charge in [-0.05, 0) is 60.3 Å². The molecule has 0 heterocycles. The summed E-state index contributed by atoms with van der Waals surface area (Å²) in [6.07, 6.45) is 2.93. The third-order valence-corrected chi connectivity index (χ3v) is 3.73. The van der Waals surface area contributed by atoms with E-state index in [9.17, 15) is 4.79 Å². The highest BCUT2D eigenvalue weighted by Crippen LogP contribution is 2.21. The van der Waals surface area contributed by atoms with Gasteiger partial charge in [-0.2, -0.15) is 0 Å². The van der Waals surface area contributed by atoms with Crippen LogP contribution < -0.4 is 15.4 Å². The van der Waals surface area contributed by atoms with E-state index in [2.05, 4.69) is 10.6 Å². The van der Waals surface area contributed by atoms with Crippen molar-refractivity contribution in [1.82, 2.24) is 5.32 Å². The zero-order valence-corrected chi connectivity index (χ0v) is 15.0. The number of rotatable bonds is 4. The minimum Gasteiger partial charge on any atom is -0.497 e. The number of hydrogen-bond donors (Lipinski definition) is 2. The molecule has 0 spiro atoms. The molecular formula is C17H14Cl2N2O2S. The lowest BCUT2D eigenvalue weighted by Gasteiger charge is -2.08. The van der Waals surface area contributed by atoms with Crippen LogP contribution in [0.25, 0.3) is 6.08 Å². The number of nitrogens with one attached hydrogen (secondary N) is 2. The summed E-state index contributed by atoms with van der Waals surface area (Å²) in [5.74, 6) is 0.366. The first-order valence-electron chi connectivity index (χ1n) is 6.87. The van der Waals surface area contributed by atoms with Crippen LogP contribution in [0.3, 0.4) is 0 Å². The van der Waals surface area contributed by atoms with E-state index >= 15 is 0 Å². The topological polar surface area (TPSA) is 50.4 Å². The average Bonchev–Trinajstić information content (AvgIpc) is 2.54. The summed E-state index contributed by atoms with van der Waals surface area (Å²) in [5, 5.41) is 6.65. The van der Waals surface area contributed by atoms with Crippen molar-refractivity contribution in [3.63, 3.8) is 0 Å². The Kier molecular flexibility index (Phi) is 6.61. The first-order valence-corrected chi connectivity index (χ1v) is 8.03. The van der Waals surface area contributed by atoms with Crippen molar-refractivity contribution in [2.75, 3.05) is 12.4 Å². The number of halogens is 2. The summed E-state index contributed by atoms with van der Waals surface area (Å²) >= 11 is 17.0. The van der Waals surface area contributed by atoms with Gasteiger partial charge in [-0.15, -0.1) is 0 Å². The number of benzene rings is 2. The summed E-state index contributed by atoms with van der Waals surface area (Å²) < 4.78 is 5.07. The van der Waals surface area contributed by atoms with E-state index in [1.807, 2.05) is 0 Å². The molecule has 0 atom stereocenters. The van der Waals surface area contributed by atoms with Gasteiger partial charge in [0, 0.05) is 21.8 Å². The molecule has 0 aromatic heterocycles. The van der Waals surface area contributed by atoms with Crippen molar-refractivity contribution < 1.29 is 9.53 Å². The van der Waals surface area contributed by atoms with Crippen molar-refractivity contribution in [3.05, 3.63) is 64.1 Å². The SMILES string of the molecule is COc1ccc(NC(=S)NC(=O)/C=C/c2ccc(Cl)cc2Cl)cc1. The van der Waals surface area contributed by atoms with Crippen LogP contribution in [-0.2, 0) is 4.79 Å². The van der Waals surface area contributed by atoms with E-state index in [-0.39, 0.29) is 11.0 Å². The molecule has 0 aliphatic carbocycles. The smallest absolute Gasteiger partial charge is 0.250 e. The lowest BCUT2D eigenvalue weighted by atomic mass is 10.2. The Morgan fingerprint density at radius 2 is 1.88 bits per heavy atom. The fourth-order valence-corrected chi connectivity index (χ4v) is 2.48. The fourth-order valence-electron chi connectivity index (χ4n) is 1.79. The lowest BCUT2D eigenvalue weighted by Crippen LogP contribution is -2.32. The quantitative estimate of drug-likeness (QED) is 0.604. The molecule has 0 saturated heterocycles. The fraction of sp³-hybridized carbons (Fsp3) is 0.0588. The van der Waals surface area contributed by atoms with Crippen LogP contribution in [0.15, 0.2) is 48.5 Å². The summed E-state index contributed by atoms with van der Waals surface area (Å²) in [6, 6.07) is 12.2. The lowest BCUT2D eigenvalue weighted by molar-refractivity contribution is -0.115.